The standard InChI is InChI=1S/C12H12N2O2/c13-7-3-4-8-14-11(15)9-5-1-2-6-10(9)12(14)16/h1-6H,7-8,13H2/p+1/b4-3+. The molecule has 0 saturated heterocycles. The summed E-state index contributed by atoms with van der Waals surface area (Å²) in [4.78, 5) is 25.0. The van der Waals surface area contributed by atoms with Gasteiger partial charge in [-0.2, -0.15) is 0 Å². The Labute approximate surface area is 93.3 Å². The normalized spacial score (nSPS) is 14.9. The number of carbonyl (C=O) groups is 2. The number of carbonyl (C=O) groups excluding carboxylic acids is 2. The molecule has 1 aromatic rings. The van der Waals surface area contributed by atoms with E-state index in [-0.39, 0.29) is 11.8 Å². The Morgan fingerprint density at radius 3 is 2.12 bits per heavy atom. The molecule has 4 heteroatoms. The second-order valence-electron chi connectivity index (χ2n) is 3.53. The zero-order valence-electron chi connectivity index (χ0n) is 8.85. The van der Waals surface area contributed by atoms with Crippen LogP contribution in [0.25, 0.3) is 0 Å². The highest BCUT2D eigenvalue weighted by Crippen LogP contribution is 2.21. The summed E-state index contributed by atoms with van der Waals surface area (Å²) in [7, 11) is 0. The monoisotopic (exact) mass is 217 g/mol. The molecule has 0 fully saturated rings. The fourth-order valence-electron chi connectivity index (χ4n) is 1.70. The van der Waals surface area contributed by atoms with Crippen molar-refractivity contribution >= 4 is 11.8 Å². The number of rotatable bonds is 3. The number of nitrogens with zero attached hydrogens (tertiary/aromatic N) is 1. The van der Waals surface area contributed by atoms with E-state index in [0.29, 0.717) is 24.2 Å². The van der Waals surface area contributed by atoms with Crippen LogP contribution >= 0.6 is 0 Å². The van der Waals surface area contributed by atoms with Crippen LogP contribution in [0.4, 0.5) is 0 Å². The number of amides is 2. The van der Waals surface area contributed by atoms with Crippen LogP contribution in [-0.4, -0.2) is 29.8 Å². The predicted molar refractivity (Wildman–Crippen MR) is 58.7 cm³/mol. The van der Waals surface area contributed by atoms with Gasteiger partial charge in [-0.25, -0.2) is 0 Å². The zero-order chi connectivity index (χ0) is 11.5. The fourth-order valence-corrected chi connectivity index (χ4v) is 1.70. The Morgan fingerprint density at radius 1 is 1.06 bits per heavy atom. The third-order valence-electron chi connectivity index (χ3n) is 2.50. The second kappa shape index (κ2) is 4.28. The Balaban J connectivity index is 2.25. The molecule has 2 rings (SSSR count). The van der Waals surface area contributed by atoms with Gasteiger partial charge in [0.2, 0.25) is 0 Å². The summed E-state index contributed by atoms with van der Waals surface area (Å²) >= 11 is 0. The van der Waals surface area contributed by atoms with Crippen molar-refractivity contribution in [3.8, 4) is 0 Å². The molecule has 16 heavy (non-hydrogen) atoms. The predicted octanol–water partition coefficient (Wildman–Crippen LogP) is 0.0807. The molecule has 1 aliphatic rings. The first-order valence-electron chi connectivity index (χ1n) is 5.15. The highest BCUT2D eigenvalue weighted by Gasteiger charge is 2.33. The number of imide groups is 1. The van der Waals surface area contributed by atoms with E-state index >= 15 is 0 Å². The van der Waals surface area contributed by atoms with Gasteiger partial charge in [0.1, 0.15) is 0 Å². The largest absolute Gasteiger partial charge is 0.354 e. The summed E-state index contributed by atoms with van der Waals surface area (Å²) in [6, 6.07) is 6.89. The van der Waals surface area contributed by atoms with Gasteiger partial charge < -0.3 is 5.73 Å². The third-order valence-corrected chi connectivity index (χ3v) is 2.50. The average Bonchev–Trinajstić information content (AvgIpc) is 2.55. The molecule has 0 bridgehead atoms. The van der Waals surface area contributed by atoms with Crippen LogP contribution in [0.2, 0.25) is 0 Å². The highest BCUT2D eigenvalue weighted by molar-refractivity contribution is 6.21. The number of hydrogen-bond donors (Lipinski definition) is 1. The lowest BCUT2D eigenvalue weighted by Crippen LogP contribution is -2.49. The smallest absolute Gasteiger partial charge is 0.261 e. The van der Waals surface area contributed by atoms with Gasteiger partial charge in [0, 0.05) is 6.54 Å². The van der Waals surface area contributed by atoms with Crippen molar-refractivity contribution in [1.82, 2.24) is 4.90 Å². The Kier molecular flexibility index (Phi) is 2.83. The van der Waals surface area contributed by atoms with Crippen molar-refractivity contribution in [2.75, 3.05) is 13.1 Å². The van der Waals surface area contributed by atoms with E-state index in [1.807, 2.05) is 6.08 Å². The van der Waals surface area contributed by atoms with Crippen LogP contribution in [0.5, 0.6) is 0 Å². The lowest BCUT2D eigenvalue weighted by Gasteiger charge is -2.09. The summed E-state index contributed by atoms with van der Waals surface area (Å²) in [6.45, 7) is 0.977. The topological polar surface area (TPSA) is 65.0 Å². The summed E-state index contributed by atoms with van der Waals surface area (Å²) in [5, 5.41) is 0. The van der Waals surface area contributed by atoms with E-state index < -0.39 is 0 Å². The number of fused-ring (bicyclic) bond motifs is 1. The summed E-state index contributed by atoms with van der Waals surface area (Å²) in [5.41, 5.74) is 4.64. The van der Waals surface area contributed by atoms with Crippen molar-refractivity contribution in [2.24, 2.45) is 0 Å². The minimum absolute atomic E-state index is 0.214. The number of quaternary nitrogens is 1. The molecule has 0 radical (unpaired) electrons. The second-order valence-corrected chi connectivity index (χ2v) is 3.53. The minimum Gasteiger partial charge on any atom is -0.354 e. The lowest BCUT2D eigenvalue weighted by molar-refractivity contribution is -0.352. The maximum atomic E-state index is 11.9. The molecule has 82 valence electrons. The van der Waals surface area contributed by atoms with E-state index in [1.165, 1.54) is 4.90 Å². The Bertz CT molecular complexity index is 431. The first-order chi connectivity index (χ1) is 7.75. The molecule has 2 amide bonds. The number of hydrogen-bond acceptors (Lipinski definition) is 2. The van der Waals surface area contributed by atoms with E-state index in [4.69, 9.17) is 0 Å². The van der Waals surface area contributed by atoms with Crippen LogP contribution in [0.3, 0.4) is 0 Å². The van der Waals surface area contributed by atoms with Gasteiger partial charge >= 0.3 is 0 Å². The third kappa shape index (κ3) is 1.63. The van der Waals surface area contributed by atoms with Crippen molar-refractivity contribution in [1.29, 1.82) is 0 Å². The van der Waals surface area contributed by atoms with Gasteiger partial charge in [-0.05, 0) is 18.2 Å². The summed E-state index contributed by atoms with van der Waals surface area (Å²) in [5.74, 6) is -0.427. The van der Waals surface area contributed by atoms with Crippen LogP contribution < -0.4 is 5.73 Å². The molecule has 0 aromatic heterocycles. The SMILES string of the molecule is [NH3+]C/C=C/CN1C(=O)c2ccccc2C1=O. The van der Waals surface area contributed by atoms with E-state index in [9.17, 15) is 9.59 Å². The van der Waals surface area contributed by atoms with Gasteiger partial charge in [-0.15, -0.1) is 0 Å². The molecule has 3 N–H and O–H groups in total. The molecule has 0 saturated carbocycles. The quantitative estimate of drug-likeness (QED) is 0.575. The first-order valence-corrected chi connectivity index (χ1v) is 5.15. The van der Waals surface area contributed by atoms with Crippen molar-refractivity contribution in [3.63, 3.8) is 0 Å². The van der Waals surface area contributed by atoms with Crippen LogP contribution in [0.15, 0.2) is 36.4 Å². The molecule has 0 aliphatic carbocycles. The molecule has 0 unspecified atom stereocenters. The highest BCUT2D eigenvalue weighted by atomic mass is 16.2. The molecule has 1 aromatic carbocycles. The van der Waals surface area contributed by atoms with Crippen molar-refractivity contribution in [2.45, 2.75) is 0 Å². The maximum Gasteiger partial charge on any atom is 0.261 e. The molecular formula is C12H13N2O2+. The summed E-state index contributed by atoms with van der Waals surface area (Å²) < 4.78 is 0. The maximum absolute atomic E-state index is 11.9. The van der Waals surface area contributed by atoms with Gasteiger partial charge in [-0.3, -0.25) is 14.5 Å². The Hall–Kier alpha value is -1.94. The Morgan fingerprint density at radius 2 is 1.62 bits per heavy atom. The molecule has 1 aliphatic heterocycles. The zero-order valence-corrected chi connectivity index (χ0v) is 8.85. The molecular weight excluding hydrogens is 204 g/mol. The lowest BCUT2D eigenvalue weighted by atomic mass is 10.1. The fraction of sp³-hybridized carbons (Fsp3) is 0.167. The van der Waals surface area contributed by atoms with E-state index in [1.54, 1.807) is 30.3 Å². The number of benzene rings is 1. The van der Waals surface area contributed by atoms with Crippen LogP contribution in [0.1, 0.15) is 20.7 Å². The van der Waals surface area contributed by atoms with Gasteiger partial charge in [0.05, 0.1) is 17.7 Å². The van der Waals surface area contributed by atoms with Crippen LogP contribution in [-0.2, 0) is 0 Å². The van der Waals surface area contributed by atoms with Crippen LogP contribution in [0, 0.1) is 0 Å². The minimum atomic E-state index is -0.214. The first kappa shape index (κ1) is 10.6. The van der Waals surface area contributed by atoms with Crippen molar-refractivity contribution < 1.29 is 15.3 Å². The molecule has 4 nitrogen and oxygen atoms in total. The van der Waals surface area contributed by atoms with E-state index in [0.717, 1.165) is 0 Å². The van der Waals surface area contributed by atoms with Gasteiger partial charge in [-0.1, -0.05) is 18.2 Å². The van der Waals surface area contributed by atoms with Gasteiger partial charge in [0.25, 0.3) is 11.8 Å². The van der Waals surface area contributed by atoms with E-state index in [2.05, 4.69) is 5.73 Å². The molecule has 0 spiro atoms. The molecule has 0 atom stereocenters. The van der Waals surface area contributed by atoms with Crippen molar-refractivity contribution in [3.05, 3.63) is 47.5 Å². The summed E-state index contributed by atoms with van der Waals surface area (Å²) in [6.07, 6.45) is 3.62. The molecule has 1 heterocycles. The van der Waals surface area contributed by atoms with Gasteiger partial charge in [0.15, 0.2) is 0 Å². The average molecular weight is 217 g/mol.